The van der Waals surface area contributed by atoms with Gasteiger partial charge in [0, 0.05) is 53.9 Å². The summed E-state index contributed by atoms with van der Waals surface area (Å²) >= 11 is 0. The second-order valence-corrected chi connectivity index (χ2v) is 13.6. The minimum atomic E-state index is -3.52. The van der Waals surface area contributed by atoms with Crippen LogP contribution >= 0.6 is 0 Å². The lowest BCUT2D eigenvalue weighted by molar-refractivity contribution is -0.120. The van der Waals surface area contributed by atoms with Gasteiger partial charge in [-0.2, -0.15) is 23.1 Å². The Morgan fingerprint density at radius 1 is 1.05 bits per heavy atom. The standard InChI is InChI=1S/C28H30F2N10O3S/c29-27(30)39-12-7-21(38-39)20-15-32-24(13-22(20)34-18-3-8-28(9-4-18)10-5-25(41)37-28)35-23-6-11-31-26(36-23)17-14-33-40(16-17)44(42,43)19-1-2-19/h6-7,11-16,18-19,27H,1-5,8-10H2,(H,37,41)(H2,31,32,34,35,36). The molecule has 1 amide bonds. The Bertz CT molecular complexity index is 1810. The van der Waals surface area contributed by atoms with Gasteiger partial charge in [0.25, 0.3) is 10.0 Å². The Kier molecular flexibility index (Phi) is 7.02. The molecule has 0 radical (unpaired) electrons. The molecule has 0 atom stereocenters. The number of pyridine rings is 1. The molecule has 4 aromatic heterocycles. The monoisotopic (exact) mass is 624 g/mol. The zero-order valence-electron chi connectivity index (χ0n) is 23.5. The Hall–Kier alpha value is -4.47. The third kappa shape index (κ3) is 5.60. The third-order valence-electron chi connectivity index (χ3n) is 8.46. The molecule has 230 valence electrons. The van der Waals surface area contributed by atoms with Gasteiger partial charge in [-0.15, -0.1) is 0 Å². The summed E-state index contributed by atoms with van der Waals surface area (Å²) in [6.07, 6.45) is 13.2. The molecular weight excluding hydrogens is 594 g/mol. The molecule has 2 aliphatic carbocycles. The number of nitrogens with one attached hydrogen (secondary N) is 3. The minimum Gasteiger partial charge on any atom is -0.382 e. The second kappa shape index (κ2) is 10.9. The number of alkyl halides is 2. The molecule has 16 heteroatoms. The SMILES string of the molecule is O=C1CCC2(CCC(Nc3cc(Nc4ccnc(-c5cnn(S(=O)(=O)C6CC6)c5)n4)ncc3-c3ccn(C(F)F)n3)CC2)N1. The molecule has 44 heavy (non-hydrogen) atoms. The van der Waals surface area contributed by atoms with Crippen LogP contribution in [0.25, 0.3) is 22.6 Å². The van der Waals surface area contributed by atoms with E-state index in [0.717, 1.165) is 36.2 Å². The summed E-state index contributed by atoms with van der Waals surface area (Å²) in [5.41, 5.74) is 1.90. The number of hydrogen-bond acceptors (Lipinski definition) is 10. The van der Waals surface area contributed by atoms with Crippen LogP contribution in [0.4, 0.5) is 26.1 Å². The van der Waals surface area contributed by atoms with Crippen molar-refractivity contribution < 1.29 is 22.0 Å². The summed E-state index contributed by atoms with van der Waals surface area (Å²) in [6.45, 7) is -2.77. The van der Waals surface area contributed by atoms with Crippen molar-refractivity contribution >= 4 is 33.3 Å². The van der Waals surface area contributed by atoms with Crippen molar-refractivity contribution in [2.24, 2.45) is 0 Å². The first-order valence-electron chi connectivity index (χ1n) is 14.5. The van der Waals surface area contributed by atoms with E-state index in [2.05, 4.69) is 41.1 Å². The normalized spacial score (nSPS) is 22.0. The van der Waals surface area contributed by atoms with Crippen LogP contribution in [0.5, 0.6) is 0 Å². The van der Waals surface area contributed by atoms with E-state index >= 15 is 0 Å². The molecule has 4 aromatic rings. The average Bonchev–Trinajstić information content (AvgIpc) is 3.38. The van der Waals surface area contributed by atoms with Crippen LogP contribution in [0, 0.1) is 0 Å². The smallest absolute Gasteiger partial charge is 0.333 e. The van der Waals surface area contributed by atoms with E-state index in [1.165, 1.54) is 24.7 Å². The highest BCUT2D eigenvalue weighted by atomic mass is 32.2. The molecule has 2 saturated carbocycles. The molecule has 3 N–H and O–H groups in total. The Balaban J connectivity index is 1.13. The molecule has 1 aliphatic heterocycles. The molecule has 3 fully saturated rings. The predicted octanol–water partition coefficient (Wildman–Crippen LogP) is 4.08. The average molecular weight is 625 g/mol. The van der Waals surface area contributed by atoms with Gasteiger partial charge >= 0.3 is 6.55 Å². The summed E-state index contributed by atoms with van der Waals surface area (Å²) in [4.78, 5) is 25.2. The molecule has 0 unspecified atom stereocenters. The highest BCUT2D eigenvalue weighted by Gasteiger charge is 2.41. The van der Waals surface area contributed by atoms with Crippen molar-refractivity contribution in [1.29, 1.82) is 0 Å². The molecule has 3 aliphatic rings. The molecule has 13 nitrogen and oxygen atoms in total. The van der Waals surface area contributed by atoms with Crippen LogP contribution in [0.1, 0.15) is 57.9 Å². The van der Waals surface area contributed by atoms with E-state index in [-0.39, 0.29) is 23.3 Å². The Morgan fingerprint density at radius 3 is 2.57 bits per heavy atom. The largest absolute Gasteiger partial charge is 0.382 e. The maximum absolute atomic E-state index is 13.3. The quantitative estimate of drug-likeness (QED) is 0.247. The summed E-state index contributed by atoms with van der Waals surface area (Å²) < 4.78 is 53.2. The van der Waals surface area contributed by atoms with Crippen molar-refractivity contribution in [3.8, 4) is 22.6 Å². The topological polar surface area (TPSA) is 162 Å². The van der Waals surface area contributed by atoms with Gasteiger partial charge in [-0.25, -0.2) is 28.1 Å². The molecule has 7 rings (SSSR count). The molecule has 0 aromatic carbocycles. The summed E-state index contributed by atoms with van der Waals surface area (Å²) in [7, 11) is -3.52. The fourth-order valence-corrected chi connectivity index (χ4v) is 7.37. The number of rotatable bonds is 9. The number of anilines is 3. The van der Waals surface area contributed by atoms with Crippen LogP contribution in [0.2, 0.25) is 0 Å². The van der Waals surface area contributed by atoms with Gasteiger partial charge in [0.1, 0.15) is 11.6 Å². The number of halogens is 2. The molecule has 5 heterocycles. The summed E-state index contributed by atoms with van der Waals surface area (Å²) in [5, 5.41) is 17.5. The second-order valence-electron chi connectivity index (χ2n) is 11.6. The van der Waals surface area contributed by atoms with Crippen LogP contribution in [-0.2, 0) is 14.8 Å². The molecule has 1 saturated heterocycles. The Morgan fingerprint density at radius 2 is 1.86 bits per heavy atom. The van der Waals surface area contributed by atoms with Crippen molar-refractivity contribution in [3.63, 3.8) is 0 Å². The van der Waals surface area contributed by atoms with E-state index in [4.69, 9.17) is 0 Å². The first-order chi connectivity index (χ1) is 21.2. The molecular formula is C28H30F2N10O3S. The minimum absolute atomic E-state index is 0.0958. The highest BCUT2D eigenvalue weighted by molar-refractivity contribution is 7.90. The highest BCUT2D eigenvalue weighted by Crippen LogP contribution is 2.38. The fourth-order valence-electron chi connectivity index (χ4n) is 5.90. The summed E-state index contributed by atoms with van der Waals surface area (Å²) in [6, 6.07) is 5.04. The Labute approximate surface area is 251 Å². The van der Waals surface area contributed by atoms with E-state index in [0.29, 0.717) is 58.1 Å². The number of aromatic nitrogens is 7. The van der Waals surface area contributed by atoms with Crippen LogP contribution in [0.15, 0.2) is 49.2 Å². The maximum Gasteiger partial charge on any atom is 0.333 e. The zero-order chi connectivity index (χ0) is 30.5. The lowest BCUT2D eigenvalue weighted by Gasteiger charge is -2.38. The summed E-state index contributed by atoms with van der Waals surface area (Å²) in [5.74, 6) is 1.24. The number of carbonyl (C=O) groups is 1. The van der Waals surface area contributed by atoms with Gasteiger partial charge in [0.2, 0.25) is 5.91 Å². The predicted molar refractivity (Wildman–Crippen MR) is 157 cm³/mol. The lowest BCUT2D eigenvalue weighted by Crippen LogP contribution is -2.46. The van der Waals surface area contributed by atoms with Gasteiger partial charge in [-0.3, -0.25) is 4.79 Å². The number of amides is 1. The van der Waals surface area contributed by atoms with Crippen LogP contribution in [0.3, 0.4) is 0 Å². The van der Waals surface area contributed by atoms with E-state index in [1.54, 1.807) is 24.5 Å². The van der Waals surface area contributed by atoms with Crippen molar-refractivity contribution in [1.82, 2.24) is 39.2 Å². The van der Waals surface area contributed by atoms with Gasteiger partial charge < -0.3 is 16.0 Å². The molecule has 1 spiro atoms. The van der Waals surface area contributed by atoms with Gasteiger partial charge in [0.05, 0.1) is 28.9 Å². The zero-order valence-corrected chi connectivity index (χ0v) is 24.3. The fraction of sp³-hybridized carbons (Fsp3) is 0.429. The van der Waals surface area contributed by atoms with Gasteiger partial charge in [-0.05, 0) is 57.1 Å². The van der Waals surface area contributed by atoms with Crippen LogP contribution < -0.4 is 16.0 Å². The van der Waals surface area contributed by atoms with E-state index in [1.807, 2.05) is 0 Å². The van der Waals surface area contributed by atoms with Gasteiger partial charge in [0.15, 0.2) is 5.82 Å². The maximum atomic E-state index is 13.3. The number of hydrogen-bond donors (Lipinski definition) is 3. The van der Waals surface area contributed by atoms with Crippen molar-refractivity contribution in [2.45, 2.75) is 74.7 Å². The van der Waals surface area contributed by atoms with Crippen molar-refractivity contribution in [2.75, 3.05) is 10.6 Å². The number of nitrogens with zero attached hydrogens (tertiary/aromatic N) is 7. The van der Waals surface area contributed by atoms with E-state index < -0.39 is 21.8 Å². The molecule has 0 bridgehead atoms. The lowest BCUT2D eigenvalue weighted by atomic mass is 9.78. The first kappa shape index (κ1) is 28.3. The van der Waals surface area contributed by atoms with Crippen LogP contribution in [-0.4, -0.2) is 65.1 Å². The first-order valence-corrected chi connectivity index (χ1v) is 16.0. The van der Waals surface area contributed by atoms with Crippen molar-refractivity contribution in [3.05, 3.63) is 49.2 Å². The van der Waals surface area contributed by atoms with E-state index in [9.17, 15) is 22.0 Å². The third-order valence-corrected chi connectivity index (χ3v) is 10.5. The van der Waals surface area contributed by atoms with Gasteiger partial charge in [-0.1, -0.05) is 0 Å². The number of carbonyl (C=O) groups excluding carboxylic acids is 1.